The van der Waals surface area contributed by atoms with E-state index >= 15 is 0 Å². The molecule has 0 fully saturated rings. The summed E-state index contributed by atoms with van der Waals surface area (Å²) < 4.78 is 2.19. The van der Waals surface area contributed by atoms with Gasteiger partial charge < -0.3 is 10.3 Å². The third kappa shape index (κ3) is 1.87. The summed E-state index contributed by atoms with van der Waals surface area (Å²) in [7, 11) is 0. The van der Waals surface area contributed by atoms with Crippen LogP contribution in [0.2, 0.25) is 5.02 Å². The number of fused-ring (bicyclic) bond motifs is 1. The van der Waals surface area contributed by atoms with E-state index in [-0.39, 0.29) is 0 Å². The predicted octanol–water partition coefficient (Wildman–Crippen LogP) is 2.95. The van der Waals surface area contributed by atoms with Crippen LogP contribution in [-0.2, 0) is 6.54 Å². The Morgan fingerprint density at radius 3 is 2.93 bits per heavy atom. The van der Waals surface area contributed by atoms with E-state index in [1.54, 1.807) is 0 Å². The molecule has 0 spiro atoms. The van der Waals surface area contributed by atoms with Crippen LogP contribution < -0.4 is 5.73 Å². The average molecular weight is 223 g/mol. The molecule has 0 unspecified atom stereocenters. The van der Waals surface area contributed by atoms with Crippen molar-refractivity contribution in [1.29, 1.82) is 0 Å². The molecule has 3 heteroatoms. The summed E-state index contributed by atoms with van der Waals surface area (Å²) in [4.78, 5) is 0. The molecule has 0 bridgehead atoms. The van der Waals surface area contributed by atoms with Crippen LogP contribution >= 0.6 is 11.6 Å². The first-order valence-corrected chi connectivity index (χ1v) is 5.56. The summed E-state index contributed by atoms with van der Waals surface area (Å²) in [5.74, 6) is 0. The Kier molecular flexibility index (Phi) is 2.98. The van der Waals surface area contributed by atoms with E-state index < -0.39 is 0 Å². The van der Waals surface area contributed by atoms with Crippen LogP contribution in [0.5, 0.6) is 0 Å². The van der Waals surface area contributed by atoms with Crippen molar-refractivity contribution in [3.05, 3.63) is 35.0 Å². The molecule has 0 aliphatic rings. The number of aryl methyl sites for hydroxylation is 2. The maximum atomic E-state index is 6.18. The first-order chi connectivity index (χ1) is 7.24. The highest BCUT2D eigenvalue weighted by Gasteiger charge is 2.07. The Labute approximate surface area is 94.6 Å². The summed E-state index contributed by atoms with van der Waals surface area (Å²) in [6, 6.07) is 6.21. The van der Waals surface area contributed by atoms with Crippen molar-refractivity contribution in [1.82, 2.24) is 4.57 Å². The SMILES string of the molecule is Cc1cccc2c(Cl)cn(CCCN)c12. The Balaban J connectivity index is 2.54. The number of aromatic nitrogens is 1. The largest absolute Gasteiger partial charge is 0.346 e. The molecule has 0 atom stereocenters. The molecular formula is C12H15ClN2. The summed E-state index contributed by atoms with van der Waals surface area (Å²) in [6.07, 6.45) is 2.98. The van der Waals surface area contributed by atoms with Gasteiger partial charge in [0.05, 0.1) is 10.5 Å². The van der Waals surface area contributed by atoms with Gasteiger partial charge in [0.15, 0.2) is 0 Å². The fraction of sp³-hybridized carbons (Fsp3) is 0.333. The van der Waals surface area contributed by atoms with E-state index in [1.807, 2.05) is 12.3 Å². The van der Waals surface area contributed by atoms with Gasteiger partial charge in [0.2, 0.25) is 0 Å². The molecule has 2 aromatic rings. The maximum Gasteiger partial charge on any atom is 0.0661 e. The number of nitrogens with two attached hydrogens (primary N) is 1. The third-order valence-corrected chi connectivity index (χ3v) is 2.96. The smallest absolute Gasteiger partial charge is 0.0661 e. The molecule has 80 valence electrons. The monoisotopic (exact) mass is 222 g/mol. The van der Waals surface area contributed by atoms with Crippen LogP contribution in [-0.4, -0.2) is 11.1 Å². The number of nitrogens with zero attached hydrogens (tertiary/aromatic N) is 1. The minimum Gasteiger partial charge on any atom is -0.346 e. The zero-order valence-corrected chi connectivity index (χ0v) is 9.59. The molecule has 0 aliphatic heterocycles. The number of hydrogen-bond acceptors (Lipinski definition) is 1. The van der Waals surface area contributed by atoms with Crippen molar-refractivity contribution in [2.24, 2.45) is 5.73 Å². The number of para-hydroxylation sites is 1. The first-order valence-electron chi connectivity index (χ1n) is 5.18. The van der Waals surface area contributed by atoms with Crippen LogP contribution in [0, 0.1) is 6.92 Å². The Morgan fingerprint density at radius 1 is 1.40 bits per heavy atom. The quantitative estimate of drug-likeness (QED) is 0.851. The van der Waals surface area contributed by atoms with Crippen LogP contribution in [0.15, 0.2) is 24.4 Å². The molecule has 0 radical (unpaired) electrons. The van der Waals surface area contributed by atoms with Crippen LogP contribution in [0.4, 0.5) is 0 Å². The van der Waals surface area contributed by atoms with Gasteiger partial charge in [-0.2, -0.15) is 0 Å². The maximum absolute atomic E-state index is 6.18. The fourth-order valence-corrected chi connectivity index (χ4v) is 2.21. The van der Waals surface area contributed by atoms with E-state index in [0.29, 0.717) is 6.54 Å². The second-order valence-electron chi connectivity index (χ2n) is 3.78. The lowest BCUT2D eigenvalue weighted by atomic mass is 10.2. The van der Waals surface area contributed by atoms with Gasteiger partial charge in [-0.25, -0.2) is 0 Å². The second-order valence-corrected chi connectivity index (χ2v) is 4.19. The summed E-state index contributed by atoms with van der Waals surface area (Å²) in [6.45, 7) is 3.76. The number of hydrogen-bond donors (Lipinski definition) is 1. The predicted molar refractivity (Wildman–Crippen MR) is 65.4 cm³/mol. The van der Waals surface area contributed by atoms with Crippen LogP contribution in [0.25, 0.3) is 10.9 Å². The third-order valence-electron chi connectivity index (χ3n) is 2.65. The minimum atomic E-state index is 0.711. The molecule has 2 N–H and O–H groups in total. The van der Waals surface area contributed by atoms with Gasteiger partial charge in [-0.05, 0) is 25.5 Å². The normalized spacial score (nSPS) is 11.1. The molecule has 0 saturated carbocycles. The molecular weight excluding hydrogens is 208 g/mol. The Morgan fingerprint density at radius 2 is 2.20 bits per heavy atom. The number of halogens is 1. The molecule has 1 aromatic carbocycles. The lowest BCUT2D eigenvalue weighted by Gasteiger charge is -2.05. The fourth-order valence-electron chi connectivity index (χ4n) is 1.94. The van der Waals surface area contributed by atoms with Gasteiger partial charge in [0.1, 0.15) is 0 Å². The number of benzene rings is 1. The minimum absolute atomic E-state index is 0.711. The number of rotatable bonds is 3. The lowest BCUT2D eigenvalue weighted by molar-refractivity contribution is 0.670. The molecule has 15 heavy (non-hydrogen) atoms. The standard InChI is InChI=1S/C12H15ClN2/c1-9-4-2-5-10-11(13)8-15(12(9)10)7-3-6-14/h2,4-5,8H,3,6-7,14H2,1H3. The van der Waals surface area contributed by atoms with E-state index in [4.69, 9.17) is 17.3 Å². The van der Waals surface area contributed by atoms with Gasteiger partial charge in [-0.15, -0.1) is 0 Å². The van der Waals surface area contributed by atoms with Crippen molar-refractivity contribution in [3.8, 4) is 0 Å². The lowest BCUT2D eigenvalue weighted by Crippen LogP contribution is -2.05. The molecule has 2 nitrogen and oxygen atoms in total. The van der Waals surface area contributed by atoms with Crippen molar-refractivity contribution in [2.45, 2.75) is 19.9 Å². The van der Waals surface area contributed by atoms with Crippen molar-refractivity contribution >= 4 is 22.5 Å². The van der Waals surface area contributed by atoms with Gasteiger partial charge in [0.25, 0.3) is 0 Å². The Hall–Kier alpha value is -0.990. The zero-order chi connectivity index (χ0) is 10.8. The molecule has 1 aromatic heterocycles. The van der Waals surface area contributed by atoms with Crippen LogP contribution in [0.1, 0.15) is 12.0 Å². The molecule has 1 heterocycles. The van der Waals surface area contributed by atoms with E-state index in [1.165, 1.54) is 11.1 Å². The van der Waals surface area contributed by atoms with Crippen molar-refractivity contribution in [3.63, 3.8) is 0 Å². The highest BCUT2D eigenvalue weighted by Crippen LogP contribution is 2.28. The van der Waals surface area contributed by atoms with Gasteiger partial charge in [-0.3, -0.25) is 0 Å². The topological polar surface area (TPSA) is 30.9 Å². The molecule has 0 aliphatic carbocycles. The van der Waals surface area contributed by atoms with Gasteiger partial charge in [-0.1, -0.05) is 29.8 Å². The first kappa shape index (κ1) is 10.5. The average Bonchev–Trinajstić information content (AvgIpc) is 2.55. The molecule has 2 rings (SSSR count). The Bertz CT molecular complexity index is 474. The molecule has 0 amide bonds. The molecule has 0 saturated heterocycles. The van der Waals surface area contributed by atoms with Crippen molar-refractivity contribution < 1.29 is 0 Å². The van der Waals surface area contributed by atoms with Gasteiger partial charge in [0, 0.05) is 18.1 Å². The van der Waals surface area contributed by atoms with Crippen LogP contribution in [0.3, 0.4) is 0 Å². The zero-order valence-electron chi connectivity index (χ0n) is 8.83. The summed E-state index contributed by atoms with van der Waals surface area (Å²) in [5, 5.41) is 1.96. The van der Waals surface area contributed by atoms with E-state index in [9.17, 15) is 0 Å². The highest BCUT2D eigenvalue weighted by molar-refractivity contribution is 6.35. The summed E-state index contributed by atoms with van der Waals surface area (Å²) >= 11 is 6.18. The highest BCUT2D eigenvalue weighted by atomic mass is 35.5. The van der Waals surface area contributed by atoms with E-state index in [2.05, 4.69) is 23.6 Å². The summed E-state index contributed by atoms with van der Waals surface area (Å²) in [5.41, 5.74) is 8.01. The second kappa shape index (κ2) is 4.25. The van der Waals surface area contributed by atoms with E-state index in [0.717, 1.165) is 23.4 Å². The van der Waals surface area contributed by atoms with Crippen molar-refractivity contribution in [2.75, 3.05) is 6.54 Å². The van der Waals surface area contributed by atoms with Gasteiger partial charge >= 0.3 is 0 Å².